The molecule has 1 N–H and O–H groups in total. The summed E-state index contributed by atoms with van der Waals surface area (Å²) in [5.41, 5.74) is 4.35. The minimum absolute atomic E-state index is 0.0221. The van der Waals surface area contributed by atoms with E-state index in [0.717, 1.165) is 35.5 Å². The SMILES string of the molecule is Cc1ccc(-n2nccn2)c(C(=O)N2CCCC2c2ncc(-c3ccccc3)[nH]2)c1. The Labute approximate surface area is 174 Å². The zero-order valence-corrected chi connectivity index (χ0v) is 16.7. The molecule has 0 bridgehead atoms. The van der Waals surface area contributed by atoms with Gasteiger partial charge in [0.15, 0.2) is 0 Å². The van der Waals surface area contributed by atoms with Crippen molar-refractivity contribution >= 4 is 5.91 Å². The average Bonchev–Trinajstić information content (AvgIpc) is 3.55. The summed E-state index contributed by atoms with van der Waals surface area (Å²) < 4.78 is 0. The molecule has 0 saturated carbocycles. The van der Waals surface area contributed by atoms with E-state index < -0.39 is 0 Å². The van der Waals surface area contributed by atoms with Crippen molar-refractivity contribution in [2.45, 2.75) is 25.8 Å². The van der Waals surface area contributed by atoms with Gasteiger partial charge in [0.25, 0.3) is 5.91 Å². The van der Waals surface area contributed by atoms with Crippen molar-refractivity contribution < 1.29 is 4.79 Å². The van der Waals surface area contributed by atoms with Crippen LogP contribution < -0.4 is 0 Å². The highest BCUT2D eigenvalue weighted by atomic mass is 16.2. The lowest BCUT2D eigenvalue weighted by atomic mass is 10.1. The number of rotatable bonds is 4. The summed E-state index contributed by atoms with van der Waals surface area (Å²) in [6, 6.07) is 15.8. The third-order valence-corrected chi connectivity index (χ3v) is 5.53. The molecule has 7 heteroatoms. The lowest BCUT2D eigenvalue weighted by molar-refractivity contribution is 0.0730. The Balaban J connectivity index is 1.47. The van der Waals surface area contributed by atoms with E-state index in [2.05, 4.69) is 20.2 Å². The number of carbonyl (C=O) groups excluding carboxylic acids is 1. The number of amides is 1. The van der Waals surface area contributed by atoms with E-state index >= 15 is 0 Å². The van der Waals surface area contributed by atoms with Gasteiger partial charge >= 0.3 is 0 Å². The van der Waals surface area contributed by atoms with Crippen LogP contribution in [-0.4, -0.2) is 42.3 Å². The van der Waals surface area contributed by atoms with Gasteiger partial charge in [-0.25, -0.2) is 4.98 Å². The maximum absolute atomic E-state index is 13.6. The molecule has 1 aliphatic heterocycles. The average molecular weight is 398 g/mol. The van der Waals surface area contributed by atoms with E-state index in [1.165, 1.54) is 4.80 Å². The summed E-state index contributed by atoms with van der Waals surface area (Å²) in [4.78, 5) is 25.0. The topological polar surface area (TPSA) is 79.7 Å². The standard InChI is InChI=1S/C23H22N6O/c1-16-9-10-20(29-25-11-12-26-29)18(14-16)23(30)28-13-5-8-21(28)22-24-15-19(27-22)17-6-3-2-4-7-17/h2-4,6-7,9-12,14-15,21H,5,8,13H2,1H3,(H,24,27). The van der Waals surface area contributed by atoms with E-state index in [1.807, 2.05) is 66.6 Å². The molecule has 4 aromatic rings. The van der Waals surface area contributed by atoms with Crippen LogP contribution in [0.4, 0.5) is 0 Å². The van der Waals surface area contributed by atoms with E-state index in [9.17, 15) is 4.79 Å². The summed E-state index contributed by atoms with van der Waals surface area (Å²) in [6.07, 6.45) is 6.90. The van der Waals surface area contributed by atoms with Crippen LogP contribution in [0, 0.1) is 6.92 Å². The first-order valence-corrected chi connectivity index (χ1v) is 10.1. The van der Waals surface area contributed by atoms with E-state index in [4.69, 9.17) is 0 Å². The molecule has 0 radical (unpaired) electrons. The van der Waals surface area contributed by atoms with Crippen LogP contribution in [0.1, 0.15) is 40.6 Å². The monoisotopic (exact) mass is 398 g/mol. The molecule has 1 fully saturated rings. The molecule has 2 aromatic carbocycles. The molecule has 1 amide bonds. The molecule has 2 aromatic heterocycles. The van der Waals surface area contributed by atoms with Crippen LogP contribution in [0.2, 0.25) is 0 Å². The molecule has 1 saturated heterocycles. The number of H-pyrrole nitrogens is 1. The second kappa shape index (κ2) is 7.59. The molecule has 1 unspecified atom stereocenters. The number of aromatic amines is 1. The van der Waals surface area contributed by atoms with Gasteiger partial charge in [0.05, 0.1) is 41.6 Å². The van der Waals surface area contributed by atoms with Crippen LogP contribution in [0.25, 0.3) is 16.9 Å². The number of benzene rings is 2. The molecule has 150 valence electrons. The number of hydrogen-bond acceptors (Lipinski definition) is 4. The van der Waals surface area contributed by atoms with E-state index in [-0.39, 0.29) is 11.9 Å². The fourth-order valence-corrected chi connectivity index (χ4v) is 4.05. The molecule has 3 heterocycles. The van der Waals surface area contributed by atoms with E-state index in [0.29, 0.717) is 17.8 Å². The minimum atomic E-state index is -0.0751. The molecule has 0 aliphatic carbocycles. The molecule has 1 aliphatic rings. The van der Waals surface area contributed by atoms with Crippen molar-refractivity contribution in [3.8, 4) is 16.9 Å². The van der Waals surface area contributed by atoms with Gasteiger partial charge in [0.1, 0.15) is 5.82 Å². The highest BCUT2D eigenvalue weighted by molar-refractivity contribution is 5.98. The fraction of sp³-hybridized carbons (Fsp3) is 0.217. The quantitative estimate of drug-likeness (QED) is 0.565. The van der Waals surface area contributed by atoms with Crippen LogP contribution >= 0.6 is 0 Å². The Kier molecular flexibility index (Phi) is 4.63. The number of nitrogens with zero attached hydrogens (tertiary/aromatic N) is 5. The number of hydrogen-bond donors (Lipinski definition) is 1. The summed E-state index contributed by atoms with van der Waals surface area (Å²) in [5.74, 6) is 0.803. The third-order valence-electron chi connectivity index (χ3n) is 5.53. The largest absolute Gasteiger partial charge is 0.340 e. The Morgan fingerprint density at radius 3 is 2.70 bits per heavy atom. The summed E-state index contributed by atoms with van der Waals surface area (Å²) >= 11 is 0. The first kappa shape index (κ1) is 18.3. The summed E-state index contributed by atoms with van der Waals surface area (Å²) in [5, 5.41) is 8.43. The number of likely N-dealkylation sites (tertiary alicyclic amines) is 1. The highest BCUT2D eigenvalue weighted by Gasteiger charge is 2.34. The molecule has 0 spiro atoms. The lowest BCUT2D eigenvalue weighted by Crippen LogP contribution is -2.32. The van der Waals surface area contributed by atoms with Gasteiger partial charge in [-0.15, -0.1) is 0 Å². The molecule has 1 atom stereocenters. The maximum atomic E-state index is 13.6. The minimum Gasteiger partial charge on any atom is -0.340 e. The number of aryl methyl sites for hydroxylation is 1. The van der Waals surface area contributed by atoms with Crippen molar-refractivity contribution in [2.75, 3.05) is 6.54 Å². The fourth-order valence-electron chi connectivity index (χ4n) is 4.05. The van der Waals surface area contributed by atoms with Gasteiger partial charge in [-0.1, -0.05) is 42.0 Å². The number of imidazole rings is 1. The van der Waals surface area contributed by atoms with Crippen LogP contribution in [0.15, 0.2) is 67.1 Å². The predicted molar refractivity (Wildman–Crippen MR) is 113 cm³/mol. The highest BCUT2D eigenvalue weighted by Crippen LogP contribution is 2.33. The third kappa shape index (κ3) is 3.28. The van der Waals surface area contributed by atoms with Crippen molar-refractivity contribution in [1.29, 1.82) is 0 Å². The maximum Gasteiger partial charge on any atom is 0.256 e. The van der Waals surface area contributed by atoms with Crippen LogP contribution in [0.3, 0.4) is 0 Å². The number of aromatic nitrogens is 5. The second-order valence-electron chi connectivity index (χ2n) is 7.54. The Morgan fingerprint density at radius 2 is 1.90 bits per heavy atom. The Morgan fingerprint density at radius 1 is 1.10 bits per heavy atom. The molecule has 30 heavy (non-hydrogen) atoms. The second-order valence-corrected chi connectivity index (χ2v) is 7.54. The van der Waals surface area contributed by atoms with Crippen molar-refractivity contribution in [3.63, 3.8) is 0 Å². The van der Waals surface area contributed by atoms with Gasteiger partial charge in [0, 0.05) is 6.54 Å². The van der Waals surface area contributed by atoms with Gasteiger partial charge in [-0.05, 0) is 37.5 Å². The summed E-state index contributed by atoms with van der Waals surface area (Å²) in [7, 11) is 0. The first-order chi connectivity index (χ1) is 14.7. The van der Waals surface area contributed by atoms with Gasteiger partial charge in [-0.3, -0.25) is 4.79 Å². The van der Waals surface area contributed by atoms with Gasteiger partial charge in [0.2, 0.25) is 0 Å². The normalized spacial score (nSPS) is 16.2. The van der Waals surface area contributed by atoms with E-state index in [1.54, 1.807) is 12.4 Å². The van der Waals surface area contributed by atoms with Crippen molar-refractivity contribution in [2.24, 2.45) is 0 Å². The van der Waals surface area contributed by atoms with Gasteiger partial charge in [-0.2, -0.15) is 15.0 Å². The first-order valence-electron chi connectivity index (χ1n) is 10.1. The summed E-state index contributed by atoms with van der Waals surface area (Å²) in [6.45, 7) is 2.68. The molecular formula is C23H22N6O. The van der Waals surface area contributed by atoms with Gasteiger partial charge < -0.3 is 9.88 Å². The Hall–Kier alpha value is -3.74. The number of carbonyl (C=O) groups is 1. The zero-order chi connectivity index (χ0) is 20.5. The Bertz CT molecular complexity index is 1170. The van der Waals surface area contributed by atoms with Crippen LogP contribution in [0.5, 0.6) is 0 Å². The van der Waals surface area contributed by atoms with Crippen molar-refractivity contribution in [3.05, 3.63) is 84.1 Å². The number of nitrogens with one attached hydrogen (secondary N) is 1. The molecular weight excluding hydrogens is 376 g/mol. The molecule has 5 rings (SSSR count). The smallest absolute Gasteiger partial charge is 0.256 e. The van der Waals surface area contributed by atoms with Crippen molar-refractivity contribution in [1.82, 2.24) is 29.9 Å². The van der Waals surface area contributed by atoms with Crippen LogP contribution in [-0.2, 0) is 0 Å². The lowest BCUT2D eigenvalue weighted by Gasteiger charge is -2.24. The molecule has 7 nitrogen and oxygen atoms in total. The predicted octanol–water partition coefficient (Wildman–Crippen LogP) is 3.94. The zero-order valence-electron chi connectivity index (χ0n) is 16.7.